The minimum Gasteiger partial charge on any atom is -0.340 e. The van der Waals surface area contributed by atoms with E-state index in [0.29, 0.717) is 36.1 Å². The number of piperazine rings is 1. The van der Waals surface area contributed by atoms with Crippen molar-refractivity contribution in [2.75, 3.05) is 26.2 Å². The first kappa shape index (κ1) is 19.9. The Morgan fingerprint density at radius 3 is 2.37 bits per heavy atom. The van der Waals surface area contributed by atoms with Crippen molar-refractivity contribution in [2.24, 2.45) is 0 Å². The van der Waals surface area contributed by atoms with E-state index < -0.39 is 10.0 Å². The highest BCUT2D eigenvalue weighted by molar-refractivity contribution is 7.89. The van der Waals surface area contributed by atoms with Crippen molar-refractivity contribution >= 4 is 27.5 Å². The van der Waals surface area contributed by atoms with E-state index in [-0.39, 0.29) is 12.3 Å². The molecule has 2 aromatic rings. The van der Waals surface area contributed by atoms with E-state index in [1.807, 2.05) is 37.3 Å². The van der Waals surface area contributed by atoms with Gasteiger partial charge < -0.3 is 4.90 Å². The van der Waals surface area contributed by atoms with Gasteiger partial charge in [-0.2, -0.15) is 4.31 Å². The number of aryl methyl sites for hydroxylation is 2. The number of hydrogen-bond acceptors (Lipinski definition) is 3. The van der Waals surface area contributed by atoms with E-state index in [1.165, 1.54) is 4.31 Å². The predicted molar refractivity (Wildman–Crippen MR) is 106 cm³/mol. The van der Waals surface area contributed by atoms with Crippen molar-refractivity contribution in [3.05, 3.63) is 64.2 Å². The second-order valence-corrected chi connectivity index (χ2v) is 9.14. The van der Waals surface area contributed by atoms with Gasteiger partial charge in [0.05, 0.1) is 11.3 Å². The van der Waals surface area contributed by atoms with E-state index in [0.717, 1.165) is 16.7 Å². The third-order valence-corrected chi connectivity index (χ3v) is 7.26. The lowest BCUT2D eigenvalue weighted by Gasteiger charge is -2.34. The molecule has 0 radical (unpaired) electrons. The summed E-state index contributed by atoms with van der Waals surface area (Å²) in [6, 6.07) is 12.7. The Kier molecular flexibility index (Phi) is 5.89. The number of halogens is 1. The number of nitrogens with zero attached hydrogens (tertiary/aromatic N) is 2. The van der Waals surface area contributed by atoms with Crippen LogP contribution in [0.3, 0.4) is 0 Å². The molecule has 1 saturated heterocycles. The molecule has 2 aromatic carbocycles. The van der Waals surface area contributed by atoms with Crippen LogP contribution in [0.5, 0.6) is 0 Å². The van der Waals surface area contributed by atoms with Crippen molar-refractivity contribution in [2.45, 2.75) is 25.2 Å². The quantitative estimate of drug-likeness (QED) is 0.784. The third kappa shape index (κ3) is 4.34. The maximum Gasteiger partial charge on any atom is 0.243 e. The first-order valence-electron chi connectivity index (χ1n) is 8.87. The molecule has 1 fully saturated rings. The predicted octanol–water partition coefficient (Wildman–Crippen LogP) is 3.03. The molecule has 1 amide bonds. The minimum absolute atomic E-state index is 0.0353. The first-order chi connectivity index (χ1) is 12.8. The van der Waals surface area contributed by atoms with Crippen LogP contribution in [0.4, 0.5) is 0 Å². The van der Waals surface area contributed by atoms with Crippen LogP contribution in [0.15, 0.2) is 47.4 Å². The summed E-state index contributed by atoms with van der Waals surface area (Å²) < 4.78 is 27.4. The lowest BCUT2D eigenvalue weighted by atomic mass is 10.1. The van der Waals surface area contributed by atoms with Crippen molar-refractivity contribution in [3.8, 4) is 0 Å². The lowest BCUT2D eigenvalue weighted by molar-refractivity contribution is -0.131. The summed E-state index contributed by atoms with van der Waals surface area (Å²) in [7, 11) is -3.56. The van der Waals surface area contributed by atoms with Gasteiger partial charge in [-0.05, 0) is 42.7 Å². The fourth-order valence-corrected chi connectivity index (χ4v) is 5.15. The number of rotatable bonds is 4. The van der Waals surface area contributed by atoms with Gasteiger partial charge in [0.1, 0.15) is 0 Å². The number of sulfonamides is 1. The van der Waals surface area contributed by atoms with E-state index in [9.17, 15) is 13.2 Å². The van der Waals surface area contributed by atoms with Gasteiger partial charge in [0, 0.05) is 31.2 Å². The van der Waals surface area contributed by atoms with Crippen LogP contribution in [0.1, 0.15) is 16.7 Å². The van der Waals surface area contributed by atoms with Gasteiger partial charge in [-0.25, -0.2) is 8.42 Å². The summed E-state index contributed by atoms with van der Waals surface area (Å²) >= 11 is 6.13. The molecule has 1 aliphatic rings. The van der Waals surface area contributed by atoms with E-state index in [1.54, 1.807) is 24.0 Å². The minimum atomic E-state index is -3.56. The molecule has 0 N–H and O–H groups in total. The zero-order chi connectivity index (χ0) is 19.6. The van der Waals surface area contributed by atoms with Crippen LogP contribution in [-0.4, -0.2) is 49.7 Å². The van der Waals surface area contributed by atoms with Crippen LogP contribution in [0.2, 0.25) is 5.02 Å². The number of carbonyl (C=O) groups is 1. The molecule has 3 rings (SSSR count). The Bertz CT molecular complexity index is 951. The molecule has 1 heterocycles. The highest BCUT2D eigenvalue weighted by Gasteiger charge is 2.31. The Hall–Kier alpha value is -1.89. The van der Waals surface area contributed by atoms with Crippen LogP contribution < -0.4 is 0 Å². The molecule has 0 spiro atoms. The number of carbonyl (C=O) groups excluding carboxylic acids is 1. The monoisotopic (exact) mass is 406 g/mol. The van der Waals surface area contributed by atoms with Crippen LogP contribution in [0, 0.1) is 13.8 Å². The van der Waals surface area contributed by atoms with Crippen LogP contribution in [-0.2, 0) is 21.2 Å². The summed E-state index contributed by atoms with van der Waals surface area (Å²) in [4.78, 5) is 14.6. The zero-order valence-electron chi connectivity index (χ0n) is 15.5. The SMILES string of the molecule is Cc1ccc(C)c(S(=O)(=O)N2CCN(C(=O)Cc3ccccc3Cl)CC2)c1. The average molecular weight is 407 g/mol. The molecule has 27 heavy (non-hydrogen) atoms. The van der Waals surface area contributed by atoms with Gasteiger partial charge in [0.25, 0.3) is 0 Å². The Labute approximate surface area is 165 Å². The summed E-state index contributed by atoms with van der Waals surface area (Å²) in [5, 5.41) is 0.571. The molecule has 0 saturated carbocycles. The van der Waals surface area contributed by atoms with Gasteiger partial charge in [-0.1, -0.05) is 41.9 Å². The van der Waals surface area contributed by atoms with Gasteiger partial charge >= 0.3 is 0 Å². The summed E-state index contributed by atoms with van der Waals surface area (Å²) in [6.45, 7) is 5.04. The molecule has 5 nitrogen and oxygen atoms in total. The highest BCUT2D eigenvalue weighted by Crippen LogP contribution is 2.23. The van der Waals surface area contributed by atoms with Crippen molar-refractivity contribution in [1.82, 2.24) is 9.21 Å². The van der Waals surface area contributed by atoms with Crippen molar-refractivity contribution in [3.63, 3.8) is 0 Å². The maximum atomic E-state index is 13.0. The van der Waals surface area contributed by atoms with Gasteiger partial charge in [0.2, 0.25) is 15.9 Å². The Morgan fingerprint density at radius 1 is 1.04 bits per heavy atom. The standard InChI is InChI=1S/C20H23ClN2O3S/c1-15-7-8-16(2)19(13-15)27(25,26)23-11-9-22(10-12-23)20(24)14-17-5-3-4-6-18(17)21/h3-8,13H,9-12,14H2,1-2H3. The second-order valence-electron chi connectivity index (χ2n) is 6.82. The molecule has 0 unspecified atom stereocenters. The van der Waals surface area contributed by atoms with Gasteiger partial charge in [0.15, 0.2) is 0 Å². The lowest BCUT2D eigenvalue weighted by Crippen LogP contribution is -2.51. The van der Waals surface area contributed by atoms with E-state index in [4.69, 9.17) is 11.6 Å². The van der Waals surface area contributed by atoms with Crippen LogP contribution in [0.25, 0.3) is 0 Å². The molecule has 144 valence electrons. The van der Waals surface area contributed by atoms with Gasteiger partial charge in [-0.15, -0.1) is 0 Å². The highest BCUT2D eigenvalue weighted by atomic mass is 35.5. The topological polar surface area (TPSA) is 57.7 Å². The summed E-state index contributed by atoms with van der Waals surface area (Å²) in [5.41, 5.74) is 2.43. The first-order valence-corrected chi connectivity index (χ1v) is 10.7. The molecule has 0 aliphatic carbocycles. The molecule has 0 aromatic heterocycles. The molecular weight excluding hydrogens is 384 g/mol. The number of benzene rings is 2. The maximum absolute atomic E-state index is 13.0. The molecular formula is C20H23ClN2O3S. The Morgan fingerprint density at radius 2 is 1.70 bits per heavy atom. The smallest absolute Gasteiger partial charge is 0.243 e. The normalized spacial score (nSPS) is 15.7. The zero-order valence-corrected chi connectivity index (χ0v) is 17.1. The van der Waals surface area contributed by atoms with Crippen molar-refractivity contribution < 1.29 is 13.2 Å². The fraction of sp³-hybridized carbons (Fsp3) is 0.350. The number of hydrogen-bond donors (Lipinski definition) is 0. The second kappa shape index (κ2) is 8.00. The Balaban J connectivity index is 1.67. The average Bonchev–Trinajstić information content (AvgIpc) is 2.65. The fourth-order valence-electron chi connectivity index (χ4n) is 3.22. The van der Waals surface area contributed by atoms with Crippen molar-refractivity contribution in [1.29, 1.82) is 0 Å². The molecule has 0 atom stereocenters. The molecule has 1 aliphatic heterocycles. The third-order valence-electron chi connectivity index (χ3n) is 4.85. The van der Waals surface area contributed by atoms with E-state index in [2.05, 4.69) is 0 Å². The summed E-state index contributed by atoms with van der Waals surface area (Å²) in [6.07, 6.45) is 0.226. The molecule has 7 heteroatoms. The number of amides is 1. The molecule has 0 bridgehead atoms. The van der Waals surface area contributed by atoms with Gasteiger partial charge in [-0.3, -0.25) is 4.79 Å². The summed E-state index contributed by atoms with van der Waals surface area (Å²) in [5.74, 6) is -0.0353. The largest absolute Gasteiger partial charge is 0.340 e. The van der Waals surface area contributed by atoms with E-state index >= 15 is 0 Å². The van der Waals surface area contributed by atoms with Crippen LogP contribution >= 0.6 is 11.6 Å².